The van der Waals surface area contributed by atoms with Gasteiger partial charge in [0.25, 0.3) is 5.56 Å². The lowest BCUT2D eigenvalue weighted by atomic mass is 9.99. The summed E-state index contributed by atoms with van der Waals surface area (Å²) in [5, 5.41) is 8.93. The Morgan fingerprint density at radius 1 is 1.14 bits per heavy atom. The van der Waals surface area contributed by atoms with E-state index in [1.54, 1.807) is 48.9 Å². The smallest absolute Gasteiger partial charge is 0.341 e. The van der Waals surface area contributed by atoms with Crippen molar-refractivity contribution in [3.05, 3.63) is 83.9 Å². The summed E-state index contributed by atoms with van der Waals surface area (Å²) in [7, 11) is 1.79. The van der Waals surface area contributed by atoms with Gasteiger partial charge in [-0.25, -0.2) is 9.18 Å². The summed E-state index contributed by atoms with van der Waals surface area (Å²) in [6.07, 6.45) is 0. The molecule has 4 aromatic rings. The molecule has 10 heteroatoms. The average Bonchev–Trinajstić information content (AvgIpc) is 2.83. The van der Waals surface area contributed by atoms with Crippen molar-refractivity contribution in [3.63, 3.8) is 0 Å². The Balaban J connectivity index is 2.09. The molecule has 0 bridgehead atoms. The van der Waals surface area contributed by atoms with Crippen LogP contribution in [0.5, 0.6) is 0 Å². The molecule has 192 valence electrons. The standard InChI is InChI=1S/C27H26FIN4O4/c1-14-24(32-21-9-8-18(29)13-20(21)28)23-25(37-27(14)36)22(15(2)33(26(23)35)11-10-30-4)17-6-5-7-19(12-17)31-16(3)34/h5-9,12-13,30,32H,10-11H2,1-4H3,(H,31,34). The van der Waals surface area contributed by atoms with E-state index in [1.807, 2.05) is 28.7 Å². The molecule has 0 fully saturated rings. The number of rotatable bonds is 7. The molecule has 0 aliphatic carbocycles. The molecule has 0 aliphatic rings. The number of carbonyl (C=O) groups excluding carboxylic acids is 1. The summed E-state index contributed by atoms with van der Waals surface area (Å²) in [4.78, 5) is 38.5. The van der Waals surface area contributed by atoms with Crippen LogP contribution in [0.15, 0.2) is 56.5 Å². The molecule has 8 nitrogen and oxygen atoms in total. The van der Waals surface area contributed by atoms with Gasteiger partial charge in [-0.05, 0) is 79.4 Å². The third-order valence-electron chi connectivity index (χ3n) is 6.05. The molecule has 0 aliphatic heterocycles. The van der Waals surface area contributed by atoms with Gasteiger partial charge in [-0.15, -0.1) is 0 Å². The highest BCUT2D eigenvalue weighted by Gasteiger charge is 2.24. The minimum atomic E-state index is -0.646. The Morgan fingerprint density at radius 2 is 1.89 bits per heavy atom. The van der Waals surface area contributed by atoms with Crippen molar-refractivity contribution < 1.29 is 13.6 Å². The van der Waals surface area contributed by atoms with Crippen molar-refractivity contribution in [2.45, 2.75) is 27.3 Å². The van der Waals surface area contributed by atoms with E-state index in [9.17, 15) is 18.8 Å². The predicted molar refractivity (Wildman–Crippen MR) is 152 cm³/mol. The number of hydrogen-bond acceptors (Lipinski definition) is 6. The number of anilines is 3. The van der Waals surface area contributed by atoms with Gasteiger partial charge in [0.05, 0.1) is 16.9 Å². The zero-order valence-corrected chi connectivity index (χ0v) is 22.9. The van der Waals surface area contributed by atoms with E-state index in [4.69, 9.17) is 4.42 Å². The summed E-state index contributed by atoms with van der Waals surface area (Å²) >= 11 is 2.01. The Morgan fingerprint density at radius 3 is 2.57 bits per heavy atom. The number of nitrogens with zero attached hydrogens (tertiary/aromatic N) is 1. The van der Waals surface area contributed by atoms with Crippen molar-refractivity contribution in [3.8, 4) is 11.1 Å². The zero-order valence-electron chi connectivity index (χ0n) is 20.8. The largest absolute Gasteiger partial charge is 0.421 e. The molecule has 37 heavy (non-hydrogen) atoms. The maximum Gasteiger partial charge on any atom is 0.341 e. The fourth-order valence-electron chi connectivity index (χ4n) is 4.26. The molecule has 2 aromatic carbocycles. The van der Waals surface area contributed by atoms with Crippen LogP contribution in [-0.2, 0) is 11.3 Å². The lowest BCUT2D eigenvalue weighted by molar-refractivity contribution is -0.114. The first kappa shape index (κ1) is 26.6. The second-order valence-electron chi connectivity index (χ2n) is 8.63. The van der Waals surface area contributed by atoms with E-state index in [1.165, 1.54) is 19.9 Å². The first-order chi connectivity index (χ1) is 17.6. The van der Waals surface area contributed by atoms with E-state index in [0.29, 0.717) is 39.2 Å². The monoisotopic (exact) mass is 616 g/mol. The minimum absolute atomic E-state index is 0.0900. The normalized spacial score (nSPS) is 11.1. The van der Waals surface area contributed by atoms with E-state index < -0.39 is 11.4 Å². The summed E-state index contributed by atoms with van der Waals surface area (Å²) in [6, 6.07) is 11.7. The maximum atomic E-state index is 14.8. The molecule has 2 heterocycles. The molecule has 0 atom stereocenters. The fourth-order valence-corrected chi connectivity index (χ4v) is 4.71. The molecule has 0 spiro atoms. The molecular formula is C27H26FIN4O4. The number of hydrogen-bond donors (Lipinski definition) is 3. The van der Waals surface area contributed by atoms with Gasteiger partial charge in [0, 0.05) is 40.5 Å². The van der Waals surface area contributed by atoms with Crippen molar-refractivity contribution in [1.29, 1.82) is 0 Å². The third kappa shape index (κ3) is 5.30. The second kappa shape index (κ2) is 10.9. The highest BCUT2D eigenvalue weighted by molar-refractivity contribution is 14.1. The Bertz CT molecular complexity index is 1640. The number of carbonyl (C=O) groups is 1. The van der Waals surface area contributed by atoms with E-state index in [-0.39, 0.29) is 39.4 Å². The molecule has 0 unspecified atom stereocenters. The van der Waals surface area contributed by atoms with Gasteiger partial charge >= 0.3 is 5.63 Å². The lowest BCUT2D eigenvalue weighted by Gasteiger charge is -2.20. The SMILES string of the molecule is CNCCn1c(C)c(-c2cccc(NC(C)=O)c2)c2oc(=O)c(C)c(Nc3ccc(I)cc3F)c2c1=O. The first-order valence-electron chi connectivity index (χ1n) is 11.6. The van der Waals surface area contributed by atoms with E-state index >= 15 is 0 Å². The summed E-state index contributed by atoms with van der Waals surface area (Å²) in [5.74, 6) is -0.746. The van der Waals surface area contributed by atoms with Crippen LogP contribution in [-0.4, -0.2) is 24.1 Å². The minimum Gasteiger partial charge on any atom is -0.421 e. The number of nitrogens with one attached hydrogen (secondary N) is 3. The number of likely N-dealkylation sites (N-methyl/N-ethyl adjacent to an activating group) is 1. The quantitative estimate of drug-likeness (QED) is 0.255. The highest BCUT2D eigenvalue weighted by atomic mass is 127. The molecule has 2 aromatic heterocycles. The Hall–Kier alpha value is -3.51. The summed E-state index contributed by atoms with van der Waals surface area (Å²) < 4.78 is 22.8. The van der Waals surface area contributed by atoms with E-state index in [2.05, 4.69) is 16.0 Å². The van der Waals surface area contributed by atoms with Crippen molar-refractivity contribution in [1.82, 2.24) is 9.88 Å². The molecule has 1 amide bonds. The van der Waals surface area contributed by atoms with Gasteiger partial charge in [0.2, 0.25) is 5.91 Å². The van der Waals surface area contributed by atoms with Gasteiger partial charge in [-0.2, -0.15) is 0 Å². The zero-order chi connectivity index (χ0) is 26.9. The number of amides is 1. The Kier molecular flexibility index (Phi) is 7.79. The second-order valence-corrected chi connectivity index (χ2v) is 9.87. The molecular weight excluding hydrogens is 590 g/mol. The number of aromatic nitrogens is 1. The van der Waals surface area contributed by atoms with Crippen LogP contribution in [0.1, 0.15) is 18.2 Å². The van der Waals surface area contributed by atoms with Crippen LogP contribution in [0.3, 0.4) is 0 Å². The summed E-state index contributed by atoms with van der Waals surface area (Å²) in [5.41, 5.74) is 1.87. The number of halogens is 2. The van der Waals surface area contributed by atoms with Crippen LogP contribution in [0.25, 0.3) is 22.1 Å². The van der Waals surface area contributed by atoms with Gasteiger partial charge in [0.1, 0.15) is 11.2 Å². The van der Waals surface area contributed by atoms with Crippen LogP contribution in [0.2, 0.25) is 0 Å². The van der Waals surface area contributed by atoms with Crippen molar-refractivity contribution in [2.75, 3.05) is 24.2 Å². The van der Waals surface area contributed by atoms with Gasteiger partial charge in [-0.1, -0.05) is 12.1 Å². The van der Waals surface area contributed by atoms with Gasteiger partial charge in [-0.3, -0.25) is 9.59 Å². The lowest BCUT2D eigenvalue weighted by Crippen LogP contribution is -2.29. The van der Waals surface area contributed by atoms with Crippen LogP contribution >= 0.6 is 22.6 Å². The molecule has 3 N–H and O–H groups in total. The highest BCUT2D eigenvalue weighted by Crippen LogP contribution is 2.36. The predicted octanol–water partition coefficient (Wildman–Crippen LogP) is 4.90. The van der Waals surface area contributed by atoms with Gasteiger partial charge in [0.15, 0.2) is 5.58 Å². The molecule has 4 rings (SSSR count). The third-order valence-corrected chi connectivity index (χ3v) is 6.72. The first-order valence-corrected chi connectivity index (χ1v) is 12.7. The van der Waals surface area contributed by atoms with Crippen molar-refractivity contribution in [2.24, 2.45) is 0 Å². The van der Waals surface area contributed by atoms with Crippen molar-refractivity contribution >= 4 is 56.5 Å². The number of pyridine rings is 1. The van der Waals surface area contributed by atoms with Crippen LogP contribution < -0.4 is 27.1 Å². The Labute approximate surface area is 226 Å². The molecule has 0 saturated heterocycles. The maximum absolute atomic E-state index is 14.8. The summed E-state index contributed by atoms with van der Waals surface area (Å²) in [6.45, 7) is 5.59. The van der Waals surface area contributed by atoms with Gasteiger partial charge < -0.3 is 24.9 Å². The fraction of sp³-hybridized carbons (Fsp3) is 0.222. The van der Waals surface area contributed by atoms with E-state index in [0.717, 1.165) is 0 Å². The van der Waals surface area contributed by atoms with Crippen LogP contribution in [0, 0.1) is 23.2 Å². The topological polar surface area (TPSA) is 105 Å². The number of fused-ring (bicyclic) bond motifs is 1. The molecule has 0 saturated carbocycles. The van der Waals surface area contributed by atoms with Crippen LogP contribution in [0.4, 0.5) is 21.5 Å². The average molecular weight is 616 g/mol. The number of benzene rings is 2. The molecule has 0 radical (unpaired) electrons.